The third-order valence-electron chi connectivity index (χ3n) is 4.47. The van der Waals surface area contributed by atoms with Crippen LogP contribution in [0.1, 0.15) is 76.7 Å². The number of benzene rings is 1. The quantitative estimate of drug-likeness (QED) is 0.639. The molecule has 2 N–H and O–H groups in total. The Balaban J connectivity index is 2.61. The van der Waals surface area contributed by atoms with Crippen molar-refractivity contribution >= 4 is 12.6 Å². The van der Waals surface area contributed by atoms with E-state index in [-0.39, 0.29) is 0 Å². The van der Waals surface area contributed by atoms with Crippen molar-refractivity contribution in [2.45, 2.75) is 65.6 Å². The van der Waals surface area contributed by atoms with Crippen molar-refractivity contribution in [3.05, 3.63) is 35.4 Å². The topological polar surface area (TPSA) is 74.6 Å². The van der Waals surface area contributed by atoms with Crippen molar-refractivity contribution in [3.8, 4) is 0 Å². The Labute approximate surface area is 144 Å². The zero-order chi connectivity index (χ0) is 18.4. The lowest BCUT2D eigenvalue weighted by Gasteiger charge is -2.21. The van der Waals surface area contributed by atoms with Gasteiger partial charge in [0, 0.05) is 10.8 Å². The molecule has 24 heavy (non-hydrogen) atoms. The zero-order valence-electron chi connectivity index (χ0n) is 15.2. The summed E-state index contributed by atoms with van der Waals surface area (Å²) in [6.45, 7) is 7.42. The molecule has 4 heteroatoms. The Bertz CT molecular complexity index is 482. The average Bonchev–Trinajstić information content (AvgIpc) is 2.58. The Morgan fingerprint density at radius 3 is 1.33 bits per heavy atom. The van der Waals surface area contributed by atoms with Crippen LogP contribution < -0.4 is 0 Å². The first kappa shape index (κ1) is 20.5. The molecule has 0 fully saturated rings. The number of aliphatic hydroxyl groups is 2. The predicted molar refractivity (Wildman–Crippen MR) is 94.5 cm³/mol. The second-order valence-electron chi connectivity index (χ2n) is 7.99. The van der Waals surface area contributed by atoms with E-state index >= 15 is 0 Å². The fourth-order valence-electron chi connectivity index (χ4n) is 2.41. The summed E-state index contributed by atoms with van der Waals surface area (Å²) in [6.07, 6.45) is 2.85. The van der Waals surface area contributed by atoms with Gasteiger partial charge in [0.15, 0.2) is 0 Å². The molecule has 4 nitrogen and oxygen atoms in total. The van der Waals surface area contributed by atoms with E-state index in [9.17, 15) is 19.8 Å². The van der Waals surface area contributed by atoms with Gasteiger partial charge in [-0.15, -0.1) is 0 Å². The van der Waals surface area contributed by atoms with E-state index in [1.165, 1.54) is 0 Å². The van der Waals surface area contributed by atoms with Gasteiger partial charge in [0.2, 0.25) is 0 Å². The number of carbonyl (C=O) groups excluding carboxylic acids is 2. The van der Waals surface area contributed by atoms with Crippen molar-refractivity contribution in [1.29, 1.82) is 0 Å². The molecule has 0 spiro atoms. The van der Waals surface area contributed by atoms with Gasteiger partial charge in [-0.1, -0.05) is 52.0 Å². The Morgan fingerprint density at radius 1 is 0.792 bits per heavy atom. The third kappa shape index (κ3) is 6.54. The van der Waals surface area contributed by atoms with Crippen molar-refractivity contribution in [1.82, 2.24) is 0 Å². The molecule has 2 atom stereocenters. The van der Waals surface area contributed by atoms with E-state index in [4.69, 9.17) is 0 Å². The van der Waals surface area contributed by atoms with Gasteiger partial charge in [-0.2, -0.15) is 0 Å². The highest BCUT2D eigenvalue weighted by Crippen LogP contribution is 2.29. The summed E-state index contributed by atoms with van der Waals surface area (Å²) in [4.78, 5) is 21.8. The normalized spacial score (nSPS) is 14.9. The van der Waals surface area contributed by atoms with E-state index in [1.807, 2.05) is 52.0 Å². The minimum absolute atomic E-state index is 0.428. The van der Waals surface area contributed by atoms with Gasteiger partial charge in [0.1, 0.15) is 12.6 Å². The maximum absolute atomic E-state index is 10.9. The molecule has 0 amide bonds. The van der Waals surface area contributed by atoms with E-state index < -0.39 is 23.0 Å². The molecular weight excluding hydrogens is 304 g/mol. The van der Waals surface area contributed by atoms with Gasteiger partial charge in [-0.3, -0.25) is 0 Å². The monoisotopic (exact) mass is 334 g/mol. The number of rotatable bonds is 10. The molecular formula is C20H30O4. The summed E-state index contributed by atoms with van der Waals surface area (Å²) in [5.74, 6) is 0. The van der Waals surface area contributed by atoms with Gasteiger partial charge >= 0.3 is 0 Å². The number of hydrogen-bond donors (Lipinski definition) is 2. The summed E-state index contributed by atoms with van der Waals surface area (Å²) < 4.78 is 0. The largest absolute Gasteiger partial charge is 0.388 e. The molecule has 0 bridgehead atoms. The van der Waals surface area contributed by atoms with Crippen molar-refractivity contribution in [2.75, 3.05) is 0 Å². The fraction of sp³-hybridized carbons (Fsp3) is 0.600. The Hall–Kier alpha value is -1.52. The second-order valence-corrected chi connectivity index (χ2v) is 7.99. The predicted octanol–water partition coefficient (Wildman–Crippen LogP) is 3.76. The highest BCUT2D eigenvalue weighted by Gasteiger charge is 2.21. The number of aldehydes is 2. The molecule has 0 aliphatic rings. The lowest BCUT2D eigenvalue weighted by molar-refractivity contribution is -0.115. The molecule has 2 unspecified atom stereocenters. The maximum Gasteiger partial charge on any atom is 0.125 e. The first-order valence-electron chi connectivity index (χ1n) is 8.49. The minimum atomic E-state index is -0.621. The standard InChI is InChI=1S/C20H30O4/c1-19(2,13-21)11-9-17(23)15-5-7-16(8-6-15)18(24)10-12-20(3,4)14-22/h5-8,13-14,17-18,23-24H,9-12H2,1-4H3. The van der Waals surface area contributed by atoms with Crippen molar-refractivity contribution < 1.29 is 19.8 Å². The molecule has 0 heterocycles. The molecule has 0 saturated carbocycles. The van der Waals surface area contributed by atoms with Crippen LogP contribution in [0.15, 0.2) is 24.3 Å². The summed E-state index contributed by atoms with van der Waals surface area (Å²) >= 11 is 0. The van der Waals surface area contributed by atoms with Crippen LogP contribution in [0.5, 0.6) is 0 Å². The number of carbonyl (C=O) groups is 2. The first-order valence-corrected chi connectivity index (χ1v) is 8.49. The average molecular weight is 334 g/mol. The number of aliphatic hydroxyl groups excluding tert-OH is 2. The first-order chi connectivity index (χ1) is 11.1. The van der Waals surface area contributed by atoms with E-state index in [2.05, 4.69) is 0 Å². The molecule has 1 aromatic rings. The number of hydrogen-bond acceptors (Lipinski definition) is 4. The van der Waals surface area contributed by atoms with Crippen LogP contribution in [0.3, 0.4) is 0 Å². The zero-order valence-corrected chi connectivity index (χ0v) is 15.2. The van der Waals surface area contributed by atoms with Crippen LogP contribution in [0.25, 0.3) is 0 Å². The lowest BCUT2D eigenvalue weighted by Crippen LogP contribution is -2.15. The van der Waals surface area contributed by atoms with Crippen LogP contribution in [0.4, 0.5) is 0 Å². The smallest absolute Gasteiger partial charge is 0.125 e. The Morgan fingerprint density at radius 2 is 1.08 bits per heavy atom. The SMILES string of the molecule is CC(C)(C=O)CCC(O)c1ccc(C(O)CCC(C)(C)C=O)cc1. The molecule has 134 valence electrons. The van der Waals surface area contributed by atoms with Crippen molar-refractivity contribution in [3.63, 3.8) is 0 Å². The third-order valence-corrected chi connectivity index (χ3v) is 4.47. The molecule has 0 aromatic heterocycles. The molecule has 0 aliphatic carbocycles. The molecule has 0 radical (unpaired) electrons. The van der Waals surface area contributed by atoms with E-state index in [1.54, 1.807) is 0 Å². The van der Waals surface area contributed by atoms with Crippen LogP contribution in [-0.2, 0) is 9.59 Å². The van der Waals surface area contributed by atoms with Crippen LogP contribution in [0, 0.1) is 10.8 Å². The van der Waals surface area contributed by atoms with Gasteiger partial charge in [-0.05, 0) is 36.8 Å². The summed E-state index contributed by atoms with van der Waals surface area (Å²) in [7, 11) is 0. The van der Waals surface area contributed by atoms with Crippen LogP contribution in [-0.4, -0.2) is 22.8 Å². The summed E-state index contributed by atoms with van der Waals surface area (Å²) in [6, 6.07) is 7.23. The highest BCUT2D eigenvalue weighted by atomic mass is 16.3. The summed E-state index contributed by atoms with van der Waals surface area (Å²) in [5, 5.41) is 20.5. The molecule has 1 rings (SSSR count). The Kier molecular flexibility index (Phi) is 7.30. The molecule has 1 aromatic carbocycles. The second kappa shape index (κ2) is 8.54. The van der Waals surface area contributed by atoms with Crippen molar-refractivity contribution in [2.24, 2.45) is 10.8 Å². The van der Waals surface area contributed by atoms with Gasteiger partial charge in [0.25, 0.3) is 0 Å². The van der Waals surface area contributed by atoms with Gasteiger partial charge in [0.05, 0.1) is 12.2 Å². The lowest BCUT2D eigenvalue weighted by atomic mass is 9.86. The van der Waals surface area contributed by atoms with Crippen LogP contribution >= 0.6 is 0 Å². The molecule has 0 saturated heterocycles. The van der Waals surface area contributed by atoms with Crippen LogP contribution in [0.2, 0.25) is 0 Å². The highest BCUT2D eigenvalue weighted by molar-refractivity contribution is 5.58. The summed E-state index contributed by atoms with van der Waals surface area (Å²) in [5.41, 5.74) is 0.701. The fourth-order valence-corrected chi connectivity index (χ4v) is 2.41. The van der Waals surface area contributed by atoms with Gasteiger partial charge < -0.3 is 19.8 Å². The minimum Gasteiger partial charge on any atom is -0.388 e. The van der Waals surface area contributed by atoms with E-state index in [0.29, 0.717) is 25.7 Å². The molecule has 0 aliphatic heterocycles. The van der Waals surface area contributed by atoms with Gasteiger partial charge in [-0.25, -0.2) is 0 Å². The van der Waals surface area contributed by atoms with E-state index in [0.717, 1.165) is 23.7 Å². The maximum atomic E-state index is 10.9.